The van der Waals surface area contributed by atoms with Crippen LogP contribution in [0.1, 0.15) is 36.6 Å². The van der Waals surface area contributed by atoms with Gasteiger partial charge in [0.2, 0.25) is 0 Å². The van der Waals surface area contributed by atoms with Gasteiger partial charge in [-0.25, -0.2) is 9.79 Å². The van der Waals surface area contributed by atoms with Crippen molar-refractivity contribution in [1.82, 2.24) is 4.57 Å². The maximum Gasteiger partial charge on any atom is 0.338 e. The van der Waals surface area contributed by atoms with Gasteiger partial charge >= 0.3 is 5.97 Å². The fourth-order valence-corrected chi connectivity index (χ4v) is 6.05. The Hall–Kier alpha value is -3.95. The van der Waals surface area contributed by atoms with Crippen molar-refractivity contribution in [2.75, 3.05) is 20.3 Å². The average molecular weight is 620 g/mol. The number of fused-ring (bicyclic) bond motifs is 1. The monoisotopic (exact) mass is 618 g/mol. The molecule has 9 heteroatoms. The van der Waals surface area contributed by atoms with E-state index in [4.69, 9.17) is 19.2 Å². The van der Waals surface area contributed by atoms with Crippen molar-refractivity contribution in [3.63, 3.8) is 0 Å². The molecule has 0 amide bonds. The Morgan fingerprint density at radius 3 is 2.38 bits per heavy atom. The molecule has 3 aromatic carbocycles. The molecule has 0 aliphatic carbocycles. The quantitative estimate of drug-likeness (QED) is 0.257. The van der Waals surface area contributed by atoms with Gasteiger partial charge in [-0.15, -0.1) is 0 Å². The topological polar surface area (TPSA) is 79.1 Å². The third-order valence-electron chi connectivity index (χ3n) is 6.36. The lowest BCUT2D eigenvalue weighted by molar-refractivity contribution is -0.138. The van der Waals surface area contributed by atoms with Gasteiger partial charge in [0.05, 0.1) is 42.2 Å². The van der Waals surface area contributed by atoms with Gasteiger partial charge in [0.25, 0.3) is 5.56 Å². The van der Waals surface area contributed by atoms with Crippen LogP contribution < -0.4 is 24.4 Å². The van der Waals surface area contributed by atoms with Gasteiger partial charge in [0.1, 0.15) is 0 Å². The smallest absolute Gasteiger partial charge is 0.338 e. The van der Waals surface area contributed by atoms with Crippen molar-refractivity contribution < 1.29 is 19.0 Å². The normalized spacial score (nSPS) is 14.9. The molecule has 0 saturated heterocycles. The van der Waals surface area contributed by atoms with E-state index >= 15 is 0 Å². The molecule has 40 heavy (non-hydrogen) atoms. The number of thiazole rings is 1. The Morgan fingerprint density at radius 2 is 1.73 bits per heavy atom. The molecule has 4 aromatic rings. The molecule has 1 aliphatic heterocycles. The molecule has 1 atom stereocenters. The van der Waals surface area contributed by atoms with Crippen LogP contribution in [0.3, 0.4) is 0 Å². The summed E-state index contributed by atoms with van der Waals surface area (Å²) in [5.41, 5.74) is 2.85. The third-order valence-corrected chi connectivity index (χ3v) is 8.03. The predicted molar refractivity (Wildman–Crippen MR) is 159 cm³/mol. The molecule has 0 saturated carbocycles. The van der Waals surface area contributed by atoms with Crippen molar-refractivity contribution in [3.05, 3.63) is 119 Å². The molecule has 0 bridgehead atoms. The van der Waals surface area contributed by atoms with E-state index in [1.807, 2.05) is 79.7 Å². The molecule has 0 radical (unpaired) electrons. The van der Waals surface area contributed by atoms with Gasteiger partial charge in [-0.2, -0.15) is 0 Å². The number of nitrogens with zero attached hydrogens (tertiary/aromatic N) is 2. The van der Waals surface area contributed by atoms with Crippen LogP contribution in [0, 0.1) is 0 Å². The van der Waals surface area contributed by atoms with E-state index in [0.717, 1.165) is 21.2 Å². The summed E-state index contributed by atoms with van der Waals surface area (Å²) in [5.74, 6) is 0.654. The number of aromatic nitrogens is 1. The van der Waals surface area contributed by atoms with Crippen LogP contribution in [-0.2, 0) is 9.53 Å². The highest BCUT2D eigenvalue weighted by Crippen LogP contribution is 2.36. The number of hydrogen-bond donors (Lipinski definition) is 0. The van der Waals surface area contributed by atoms with Crippen LogP contribution in [0.2, 0.25) is 0 Å². The maximum absolute atomic E-state index is 14.1. The lowest BCUT2D eigenvalue weighted by Gasteiger charge is -2.25. The Bertz CT molecular complexity index is 1760. The molecule has 7 nitrogen and oxygen atoms in total. The number of methoxy groups -OCH3 is 1. The molecule has 1 aliphatic rings. The molecule has 0 unspecified atom stereocenters. The summed E-state index contributed by atoms with van der Waals surface area (Å²) in [6.07, 6.45) is 1.80. The second kappa shape index (κ2) is 12.1. The van der Waals surface area contributed by atoms with E-state index in [1.165, 1.54) is 11.3 Å². The number of benzene rings is 3. The number of ether oxygens (including phenoxy) is 3. The minimum Gasteiger partial charge on any atom is -0.493 e. The molecule has 1 aromatic heterocycles. The van der Waals surface area contributed by atoms with Crippen LogP contribution in [-0.4, -0.2) is 30.9 Å². The highest BCUT2D eigenvalue weighted by atomic mass is 79.9. The number of carbonyl (C=O) groups excluding carboxylic acids is 1. The Morgan fingerprint density at radius 1 is 1.02 bits per heavy atom. The molecule has 2 heterocycles. The first kappa shape index (κ1) is 27.6. The zero-order chi connectivity index (χ0) is 28.2. The van der Waals surface area contributed by atoms with Crippen LogP contribution in [0.25, 0.3) is 11.8 Å². The molecule has 0 spiro atoms. The van der Waals surface area contributed by atoms with Gasteiger partial charge in [-0.1, -0.05) is 87.9 Å². The van der Waals surface area contributed by atoms with Crippen molar-refractivity contribution in [1.29, 1.82) is 0 Å². The van der Waals surface area contributed by atoms with Crippen LogP contribution >= 0.6 is 27.3 Å². The highest BCUT2D eigenvalue weighted by Gasteiger charge is 2.35. The number of halogens is 1. The highest BCUT2D eigenvalue weighted by molar-refractivity contribution is 9.10. The summed E-state index contributed by atoms with van der Waals surface area (Å²) in [5, 5.41) is 0. The summed E-state index contributed by atoms with van der Waals surface area (Å²) in [7, 11) is 1.58. The summed E-state index contributed by atoms with van der Waals surface area (Å²) >= 11 is 4.87. The van der Waals surface area contributed by atoms with Crippen molar-refractivity contribution >= 4 is 45.0 Å². The standard InChI is InChI=1S/C31H27BrN2O5S/c1-4-38-24-16-21(22(32)18-23(24)37-3)17-25-29(35)34-28(20-14-10-7-11-15-20)26(30(36)39-5-2)27(33-31(34)40-25)19-12-8-6-9-13-19/h6-18,28H,4-5H2,1-3H3/b25-17+/t28-/m1/s1. The van der Waals surface area contributed by atoms with Gasteiger partial charge in [0, 0.05) is 10.0 Å². The lowest BCUT2D eigenvalue weighted by atomic mass is 9.93. The Balaban J connectivity index is 1.79. The van der Waals surface area contributed by atoms with Crippen LogP contribution in [0.5, 0.6) is 11.5 Å². The first-order valence-electron chi connectivity index (χ1n) is 12.8. The average Bonchev–Trinajstić information content (AvgIpc) is 3.29. The van der Waals surface area contributed by atoms with Gasteiger partial charge in [0.15, 0.2) is 16.3 Å². The Labute approximate surface area is 243 Å². The summed E-state index contributed by atoms with van der Waals surface area (Å²) < 4.78 is 19.5. The first-order valence-corrected chi connectivity index (χ1v) is 14.4. The fraction of sp³-hybridized carbons (Fsp3) is 0.194. The summed E-state index contributed by atoms with van der Waals surface area (Å²) in [4.78, 5) is 32.9. The van der Waals surface area contributed by atoms with E-state index in [9.17, 15) is 9.59 Å². The van der Waals surface area contributed by atoms with Crippen LogP contribution in [0.4, 0.5) is 0 Å². The minimum absolute atomic E-state index is 0.198. The van der Waals surface area contributed by atoms with E-state index in [0.29, 0.717) is 38.7 Å². The second-order valence-corrected chi connectivity index (χ2v) is 10.7. The number of esters is 1. The first-order chi connectivity index (χ1) is 19.5. The zero-order valence-corrected chi connectivity index (χ0v) is 24.6. The SMILES string of the molecule is CCOC(=O)C1=C(c2ccccc2)N=c2s/c(=C/c3cc(OCC)c(OC)cc3Br)c(=O)n2[C@@H]1c1ccccc1. The van der Waals surface area contributed by atoms with Gasteiger partial charge in [-0.3, -0.25) is 9.36 Å². The van der Waals surface area contributed by atoms with Gasteiger partial charge < -0.3 is 14.2 Å². The van der Waals surface area contributed by atoms with E-state index in [-0.39, 0.29) is 12.2 Å². The van der Waals surface area contributed by atoms with Crippen LogP contribution in [0.15, 0.2) is 92.6 Å². The zero-order valence-electron chi connectivity index (χ0n) is 22.2. The summed E-state index contributed by atoms with van der Waals surface area (Å²) in [6, 6.07) is 21.9. The van der Waals surface area contributed by atoms with Gasteiger partial charge in [-0.05, 0) is 43.2 Å². The molecular weight excluding hydrogens is 592 g/mol. The summed E-state index contributed by atoms with van der Waals surface area (Å²) in [6.45, 7) is 4.32. The maximum atomic E-state index is 14.1. The number of rotatable bonds is 8. The fourth-order valence-electron chi connectivity index (χ4n) is 4.62. The lowest BCUT2D eigenvalue weighted by Crippen LogP contribution is -2.40. The molecular formula is C31H27BrN2O5S. The van der Waals surface area contributed by atoms with E-state index < -0.39 is 12.0 Å². The van der Waals surface area contributed by atoms with Crippen molar-refractivity contribution in [2.45, 2.75) is 19.9 Å². The molecule has 204 valence electrons. The third kappa shape index (κ3) is 5.26. The Kier molecular flexibility index (Phi) is 8.32. The second-order valence-electron chi connectivity index (χ2n) is 8.80. The van der Waals surface area contributed by atoms with E-state index in [1.54, 1.807) is 24.7 Å². The minimum atomic E-state index is -0.716. The molecule has 5 rings (SSSR count). The number of carbonyl (C=O) groups is 1. The largest absolute Gasteiger partial charge is 0.493 e. The van der Waals surface area contributed by atoms with Crippen molar-refractivity contribution in [2.24, 2.45) is 4.99 Å². The molecule has 0 N–H and O–H groups in total. The van der Waals surface area contributed by atoms with E-state index in [2.05, 4.69) is 15.9 Å². The number of hydrogen-bond acceptors (Lipinski definition) is 7. The predicted octanol–water partition coefficient (Wildman–Crippen LogP) is 5.11. The molecule has 0 fully saturated rings. The van der Waals surface area contributed by atoms with Crippen molar-refractivity contribution in [3.8, 4) is 11.5 Å².